The zero-order chi connectivity index (χ0) is 17.4. The lowest BCUT2D eigenvalue weighted by atomic mass is 10.0. The first kappa shape index (κ1) is 16.8. The van der Waals surface area contributed by atoms with Gasteiger partial charge in [-0.3, -0.25) is 4.79 Å². The van der Waals surface area contributed by atoms with Gasteiger partial charge in [-0.1, -0.05) is 13.8 Å². The van der Waals surface area contributed by atoms with Crippen molar-refractivity contribution >= 4 is 22.8 Å². The number of rotatable bonds is 3. The van der Waals surface area contributed by atoms with Crippen LogP contribution in [0, 0.1) is 5.92 Å². The fourth-order valence-electron chi connectivity index (χ4n) is 3.79. The summed E-state index contributed by atoms with van der Waals surface area (Å²) in [5.74, 6) is 1.79. The molecule has 0 bridgehead atoms. The van der Waals surface area contributed by atoms with Gasteiger partial charge in [-0.15, -0.1) is 0 Å². The molecule has 2 aromatic rings. The van der Waals surface area contributed by atoms with Gasteiger partial charge < -0.3 is 14.4 Å². The minimum absolute atomic E-state index is 0.0543. The third kappa shape index (κ3) is 2.76. The zero-order valence-electron chi connectivity index (χ0n) is 15.5. The van der Waals surface area contributed by atoms with E-state index in [4.69, 9.17) is 4.98 Å². The predicted octanol–water partition coefficient (Wildman–Crippen LogP) is 3.07. The lowest BCUT2D eigenvalue weighted by molar-refractivity contribution is 0.0828. The van der Waals surface area contributed by atoms with Gasteiger partial charge in [0.25, 0.3) is 5.91 Å². The number of fused-ring (bicyclic) bond motifs is 1. The van der Waals surface area contributed by atoms with E-state index in [1.54, 1.807) is 19.0 Å². The van der Waals surface area contributed by atoms with Gasteiger partial charge in [0.1, 0.15) is 11.5 Å². The van der Waals surface area contributed by atoms with Crippen LogP contribution in [0.5, 0.6) is 0 Å². The standard InChI is InChI=1S/C19H28N4O/c1-6-15-17(19(24)21(3)4)14-9-10-16(20-18(14)22(15)5)23-11-7-8-13(2)12-23/h9-10,13H,6-8,11-12H2,1-5H3. The molecule has 130 valence electrons. The second kappa shape index (κ2) is 6.46. The summed E-state index contributed by atoms with van der Waals surface area (Å²) in [5.41, 5.74) is 2.76. The van der Waals surface area contributed by atoms with E-state index in [0.29, 0.717) is 5.92 Å². The number of anilines is 1. The predicted molar refractivity (Wildman–Crippen MR) is 98.7 cm³/mol. The summed E-state index contributed by atoms with van der Waals surface area (Å²) in [6.07, 6.45) is 3.33. The molecule has 1 amide bonds. The molecule has 1 atom stereocenters. The SMILES string of the molecule is CCc1c(C(=O)N(C)C)c2ccc(N3CCCC(C)C3)nc2n1C. The summed E-state index contributed by atoms with van der Waals surface area (Å²) in [6, 6.07) is 4.15. The topological polar surface area (TPSA) is 41.4 Å². The van der Waals surface area contributed by atoms with Crippen LogP contribution in [0.25, 0.3) is 11.0 Å². The molecular weight excluding hydrogens is 300 g/mol. The minimum atomic E-state index is 0.0543. The Morgan fingerprint density at radius 1 is 1.38 bits per heavy atom. The van der Waals surface area contributed by atoms with E-state index < -0.39 is 0 Å². The third-order valence-electron chi connectivity index (χ3n) is 5.08. The molecule has 3 rings (SSSR count). The van der Waals surface area contributed by atoms with Crippen molar-refractivity contribution in [3.05, 3.63) is 23.4 Å². The number of carbonyl (C=O) groups is 1. The Morgan fingerprint density at radius 3 is 2.75 bits per heavy atom. The smallest absolute Gasteiger partial charge is 0.255 e. The number of nitrogens with zero attached hydrogens (tertiary/aromatic N) is 4. The van der Waals surface area contributed by atoms with Crippen LogP contribution in [-0.2, 0) is 13.5 Å². The van der Waals surface area contributed by atoms with E-state index >= 15 is 0 Å². The highest BCUT2D eigenvalue weighted by atomic mass is 16.2. The number of hydrogen-bond acceptors (Lipinski definition) is 3. The van der Waals surface area contributed by atoms with Gasteiger partial charge in [0.05, 0.1) is 5.56 Å². The molecule has 2 aromatic heterocycles. The summed E-state index contributed by atoms with van der Waals surface area (Å²) in [4.78, 5) is 21.6. The Hall–Kier alpha value is -2.04. The van der Waals surface area contributed by atoms with E-state index in [1.807, 2.05) is 7.05 Å². The molecule has 0 spiro atoms. The number of aryl methyl sites for hydroxylation is 1. The summed E-state index contributed by atoms with van der Waals surface area (Å²) in [5, 5.41) is 0.960. The molecule has 1 fully saturated rings. The Morgan fingerprint density at radius 2 is 2.12 bits per heavy atom. The van der Waals surface area contributed by atoms with Gasteiger partial charge in [0.15, 0.2) is 0 Å². The zero-order valence-corrected chi connectivity index (χ0v) is 15.5. The first-order chi connectivity index (χ1) is 11.4. The number of hydrogen-bond donors (Lipinski definition) is 0. The molecule has 0 aliphatic carbocycles. The number of carbonyl (C=O) groups excluding carboxylic acids is 1. The normalized spacial score (nSPS) is 18.2. The lowest BCUT2D eigenvalue weighted by Gasteiger charge is -2.31. The van der Waals surface area contributed by atoms with Crippen LogP contribution in [0.3, 0.4) is 0 Å². The highest BCUT2D eigenvalue weighted by Crippen LogP contribution is 2.29. The van der Waals surface area contributed by atoms with Crippen molar-refractivity contribution in [2.24, 2.45) is 13.0 Å². The molecule has 1 saturated heterocycles. The molecule has 24 heavy (non-hydrogen) atoms. The first-order valence-corrected chi connectivity index (χ1v) is 8.89. The van der Waals surface area contributed by atoms with Crippen molar-refractivity contribution in [3.8, 4) is 0 Å². The summed E-state index contributed by atoms with van der Waals surface area (Å²) < 4.78 is 2.09. The van der Waals surface area contributed by atoms with Crippen molar-refractivity contribution in [1.82, 2.24) is 14.5 Å². The fourth-order valence-corrected chi connectivity index (χ4v) is 3.79. The van der Waals surface area contributed by atoms with Crippen molar-refractivity contribution in [3.63, 3.8) is 0 Å². The minimum Gasteiger partial charge on any atom is -0.356 e. The molecule has 5 heteroatoms. The van der Waals surface area contributed by atoms with Gasteiger partial charge in [0, 0.05) is 45.3 Å². The summed E-state index contributed by atoms with van der Waals surface area (Å²) >= 11 is 0. The van der Waals surface area contributed by atoms with Crippen LogP contribution in [-0.4, -0.2) is 47.5 Å². The summed E-state index contributed by atoms with van der Waals surface area (Å²) in [6.45, 7) is 6.52. The molecule has 0 N–H and O–H groups in total. The van der Waals surface area contributed by atoms with Crippen LogP contribution in [0.4, 0.5) is 5.82 Å². The maximum absolute atomic E-state index is 12.7. The molecule has 5 nitrogen and oxygen atoms in total. The maximum atomic E-state index is 12.7. The van der Waals surface area contributed by atoms with Gasteiger partial charge in [-0.2, -0.15) is 0 Å². The van der Waals surface area contributed by atoms with Crippen molar-refractivity contribution < 1.29 is 4.79 Å². The monoisotopic (exact) mass is 328 g/mol. The fraction of sp³-hybridized carbons (Fsp3) is 0.579. The Labute approximate surface area is 144 Å². The molecule has 1 aliphatic rings. The second-order valence-electron chi connectivity index (χ2n) is 7.17. The van der Waals surface area contributed by atoms with Crippen LogP contribution >= 0.6 is 0 Å². The van der Waals surface area contributed by atoms with Crippen molar-refractivity contribution in [2.75, 3.05) is 32.1 Å². The molecule has 0 radical (unpaired) electrons. The maximum Gasteiger partial charge on any atom is 0.255 e. The highest BCUT2D eigenvalue weighted by Gasteiger charge is 2.24. The van der Waals surface area contributed by atoms with E-state index in [-0.39, 0.29) is 5.91 Å². The Kier molecular flexibility index (Phi) is 4.52. The van der Waals surface area contributed by atoms with Gasteiger partial charge >= 0.3 is 0 Å². The van der Waals surface area contributed by atoms with Gasteiger partial charge in [-0.25, -0.2) is 4.98 Å². The quantitative estimate of drug-likeness (QED) is 0.869. The van der Waals surface area contributed by atoms with Crippen molar-refractivity contribution in [1.29, 1.82) is 0 Å². The highest BCUT2D eigenvalue weighted by molar-refractivity contribution is 6.07. The molecule has 1 aliphatic heterocycles. The average Bonchev–Trinajstić information content (AvgIpc) is 2.85. The van der Waals surface area contributed by atoms with E-state index in [2.05, 4.69) is 35.4 Å². The molecule has 3 heterocycles. The number of pyridine rings is 1. The van der Waals surface area contributed by atoms with Crippen molar-refractivity contribution in [2.45, 2.75) is 33.1 Å². The third-order valence-corrected chi connectivity index (χ3v) is 5.08. The van der Waals surface area contributed by atoms with Crippen LogP contribution in [0.15, 0.2) is 12.1 Å². The lowest BCUT2D eigenvalue weighted by Crippen LogP contribution is -2.34. The van der Waals surface area contributed by atoms with E-state index in [0.717, 1.165) is 47.6 Å². The van der Waals surface area contributed by atoms with Crippen LogP contribution in [0.2, 0.25) is 0 Å². The number of amides is 1. The molecule has 0 aromatic carbocycles. The molecule has 1 unspecified atom stereocenters. The molecule has 0 saturated carbocycles. The van der Waals surface area contributed by atoms with Crippen LogP contribution in [0.1, 0.15) is 42.7 Å². The van der Waals surface area contributed by atoms with Gasteiger partial charge in [0.2, 0.25) is 0 Å². The van der Waals surface area contributed by atoms with E-state index in [9.17, 15) is 4.79 Å². The van der Waals surface area contributed by atoms with Gasteiger partial charge in [-0.05, 0) is 37.3 Å². The first-order valence-electron chi connectivity index (χ1n) is 8.89. The largest absolute Gasteiger partial charge is 0.356 e. The Bertz CT molecular complexity index is 762. The summed E-state index contributed by atoms with van der Waals surface area (Å²) in [7, 11) is 5.62. The molecular formula is C19H28N4O. The number of aromatic nitrogens is 2. The van der Waals surface area contributed by atoms with Crippen LogP contribution < -0.4 is 4.90 Å². The Balaban J connectivity index is 2.10. The second-order valence-corrected chi connectivity index (χ2v) is 7.17. The average molecular weight is 328 g/mol. The number of piperidine rings is 1. The van der Waals surface area contributed by atoms with E-state index in [1.165, 1.54) is 12.8 Å².